The molecule has 2 aromatic carbocycles. The van der Waals surface area contributed by atoms with Crippen LogP contribution in [0.4, 0.5) is 14.5 Å². The number of esters is 1. The quantitative estimate of drug-likeness (QED) is 0.638. The number of nitrogens with zero attached hydrogens (tertiary/aromatic N) is 2. The molecule has 1 amide bonds. The third-order valence-electron chi connectivity index (χ3n) is 5.33. The van der Waals surface area contributed by atoms with Crippen LogP contribution >= 0.6 is 0 Å². The van der Waals surface area contributed by atoms with E-state index in [0.717, 1.165) is 17.5 Å². The highest BCUT2D eigenvalue weighted by molar-refractivity contribution is 5.96. The molecule has 7 heteroatoms. The van der Waals surface area contributed by atoms with Crippen LogP contribution < -0.4 is 4.90 Å². The summed E-state index contributed by atoms with van der Waals surface area (Å²) in [5.74, 6) is -1.44. The van der Waals surface area contributed by atoms with Gasteiger partial charge >= 0.3 is 5.97 Å². The van der Waals surface area contributed by atoms with E-state index in [9.17, 15) is 18.4 Å². The second kappa shape index (κ2) is 9.77. The van der Waals surface area contributed by atoms with Gasteiger partial charge in [-0.2, -0.15) is 0 Å². The number of hydrogen-bond donors (Lipinski definition) is 0. The molecule has 1 unspecified atom stereocenters. The maximum absolute atomic E-state index is 14.2. The fourth-order valence-electron chi connectivity index (χ4n) is 4.04. The number of fused-ring (bicyclic) bond motifs is 1. The van der Waals surface area contributed by atoms with Crippen LogP contribution in [-0.4, -0.2) is 49.1 Å². The van der Waals surface area contributed by atoms with Crippen molar-refractivity contribution >= 4 is 17.6 Å². The Morgan fingerprint density at radius 2 is 1.72 bits per heavy atom. The van der Waals surface area contributed by atoms with E-state index in [1.165, 1.54) is 24.3 Å². The predicted octanol–water partition coefficient (Wildman–Crippen LogP) is 4.50. The van der Waals surface area contributed by atoms with Gasteiger partial charge in [-0.15, -0.1) is 0 Å². The molecule has 172 valence electrons. The summed E-state index contributed by atoms with van der Waals surface area (Å²) < 4.78 is 32.9. The van der Waals surface area contributed by atoms with E-state index in [2.05, 4.69) is 0 Å². The van der Waals surface area contributed by atoms with Gasteiger partial charge in [0.1, 0.15) is 17.2 Å². The minimum Gasteiger partial charge on any atom is -0.459 e. The van der Waals surface area contributed by atoms with Crippen LogP contribution in [0.5, 0.6) is 0 Å². The monoisotopic (exact) mass is 444 g/mol. The first-order chi connectivity index (χ1) is 15.0. The number of anilines is 1. The Bertz CT molecular complexity index is 970. The standard InChI is InChI=1S/C25H30F2N2O3/c1-25(2,3)32-24(31)16-28(4)15-23(30)29-13-5-6-20(17-7-9-18(26)10-8-17)21-12-11-19(27)14-22(21)29/h7-12,14,20H,5-6,13,15-16H2,1-4H3. The van der Waals surface area contributed by atoms with Gasteiger partial charge in [-0.25, -0.2) is 8.78 Å². The highest BCUT2D eigenvalue weighted by Gasteiger charge is 2.29. The minimum atomic E-state index is -0.599. The molecule has 3 rings (SSSR count). The van der Waals surface area contributed by atoms with Crippen molar-refractivity contribution in [3.8, 4) is 0 Å². The van der Waals surface area contributed by atoms with Crippen molar-refractivity contribution in [1.29, 1.82) is 0 Å². The first-order valence-electron chi connectivity index (χ1n) is 10.8. The van der Waals surface area contributed by atoms with Gasteiger partial charge in [0.25, 0.3) is 0 Å². The third kappa shape index (κ3) is 6.13. The van der Waals surface area contributed by atoms with Gasteiger partial charge in [0.2, 0.25) is 5.91 Å². The van der Waals surface area contributed by atoms with E-state index in [1.54, 1.807) is 55.8 Å². The maximum atomic E-state index is 14.2. The van der Waals surface area contributed by atoms with Gasteiger partial charge in [-0.3, -0.25) is 14.5 Å². The second-order valence-electron chi connectivity index (χ2n) is 9.25. The predicted molar refractivity (Wildman–Crippen MR) is 120 cm³/mol. The number of halogens is 2. The molecule has 0 N–H and O–H groups in total. The van der Waals surface area contributed by atoms with Crippen molar-refractivity contribution in [1.82, 2.24) is 4.90 Å². The van der Waals surface area contributed by atoms with Gasteiger partial charge in [0.05, 0.1) is 18.8 Å². The Labute approximate surface area is 188 Å². The van der Waals surface area contributed by atoms with Gasteiger partial charge in [-0.05, 0) is 76.1 Å². The summed E-state index contributed by atoms with van der Waals surface area (Å²) in [4.78, 5) is 28.4. The van der Waals surface area contributed by atoms with Crippen LogP contribution in [0.1, 0.15) is 50.7 Å². The highest BCUT2D eigenvalue weighted by Crippen LogP contribution is 2.39. The Balaban J connectivity index is 1.81. The Morgan fingerprint density at radius 1 is 1.06 bits per heavy atom. The van der Waals surface area contributed by atoms with Gasteiger partial charge in [-0.1, -0.05) is 18.2 Å². The van der Waals surface area contributed by atoms with Crippen LogP contribution in [0.15, 0.2) is 42.5 Å². The molecule has 0 saturated carbocycles. The van der Waals surface area contributed by atoms with Crippen molar-refractivity contribution in [3.05, 3.63) is 65.2 Å². The Kier molecular flexibility index (Phi) is 7.29. The highest BCUT2D eigenvalue weighted by atomic mass is 19.1. The normalized spacial score (nSPS) is 16.5. The number of benzene rings is 2. The van der Waals surface area contributed by atoms with E-state index in [0.29, 0.717) is 18.7 Å². The van der Waals surface area contributed by atoms with Crippen LogP contribution in [0, 0.1) is 11.6 Å². The molecular weight excluding hydrogens is 414 g/mol. The van der Waals surface area contributed by atoms with E-state index < -0.39 is 17.4 Å². The van der Waals surface area contributed by atoms with Crippen molar-refractivity contribution in [3.63, 3.8) is 0 Å². The lowest BCUT2D eigenvalue weighted by molar-refractivity contribution is -0.155. The van der Waals surface area contributed by atoms with E-state index in [4.69, 9.17) is 4.74 Å². The van der Waals surface area contributed by atoms with Crippen molar-refractivity contribution in [2.75, 3.05) is 31.6 Å². The smallest absolute Gasteiger partial charge is 0.320 e. The molecule has 1 aliphatic rings. The molecule has 0 spiro atoms. The first-order valence-corrected chi connectivity index (χ1v) is 10.8. The largest absolute Gasteiger partial charge is 0.459 e. The van der Waals surface area contributed by atoms with Crippen molar-refractivity contribution < 1.29 is 23.1 Å². The number of carbonyl (C=O) groups is 2. The average molecular weight is 445 g/mol. The summed E-state index contributed by atoms with van der Waals surface area (Å²) in [6, 6.07) is 10.8. The summed E-state index contributed by atoms with van der Waals surface area (Å²) >= 11 is 0. The number of likely N-dealkylation sites (N-methyl/N-ethyl adjacent to an activating group) is 1. The summed E-state index contributed by atoms with van der Waals surface area (Å²) in [6.07, 6.45) is 1.46. The number of amides is 1. The fraction of sp³-hybridized carbons (Fsp3) is 0.440. The molecule has 0 bridgehead atoms. The number of carbonyl (C=O) groups excluding carboxylic acids is 2. The number of hydrogen-bond acceptors (Lipinski definition) is 4. The van der Waals surface area contributed by atoms with E-state index in [-0.39, 0.29) is 30.7 Å². The van der Waals surface area contributed by atoms with Crippen molar-refractivity contribution in [2.24, 2.45) is 0 Å². The third-order valence-corrected chi connectivity index (χ3v) is 5.33. The second-order valence-corrected chi connectivity index (χ2v) is 9.25. The molecule has 1 aliphatic heterocycles. The van der Waals surface area contributed by atoms with E-state index in [1.807, 2.05) is 0 Å². The fourth-order valence-corrected chi connectivity index (χ4v) is 4.04. The van der Waals surface area contributed by atoms with Gasteiger partial charge in [0.15, 0.2) is 0 Å². The van der Waals surface area contributed by atoms with Crippen LogP contribution in [-0.2, 0) is 14.3 Å². The number of rotatable bonds is 5. The molecule has 0 aliphatic carbocycles. The summed E-state index contributed by atoms with van der Waals surface area (Å²) in [5.41, 5.74) is 1.68. The number of ether oxygens (including phenoxy) is 1. The molecule has 0 radical (unpaired) electrons. The molecule has 1 atom stereocenters. The summed E-state index contributed by atoms with van der Waals surface area (Å²) in [7, 11) is 1.67. The zero-order valence-corrected chi connectivity index (χ0v) is 19.0. The lowest BCUT2D eigenvalue weighted by Crippen LogP contribution is -2.42. The average Bonchev–Trinajstić information content (AvgIpc) is 2.86. The van der Waals surface area contributed by atoms with Gasteiger partial charge < -0.3 is 9.64 Å². The van der Waals surface area contributed by atoms with Crippen LogP contribution in [0.3, 0.4) is 0 Å². The summed E-state index contributed by atoms with van der Waals surface area (Å²) in [6.45, 7) is 5.78. The Hall–Kier alpha value is -2.80. The minimum absolute atomic E-state index is 0.00356. The molecule has 0 fully saturated rings. The molecule has 1 heterocycles. The lowest BCUT2D eigenvalue weighted by Gasteiger charge is -2.27. The molecule has 5 nitrogen and oxygen atoms in total. The first kappa shape index (κ1) is 23.9. The molecule has 0 saturated heterocycles. The van der Waals surface area contributed by atoms with E-state index >= 15 is 0 Å². The molecular formula is C25H30F2N2O3. The Morgan fingerprint density at radius 3 is 2.38 bits per heavy atom. The van der Waals surface area contributed by atoms with Crippen LogP contribution in [0.2, 0.25) is 0 Å². The maximum Gasteiger partial charge on any atom is 0.320 e. The molecule has 2 aromatic rings. The van der Waals surface area contributed by atoms with Crippen molar-refractivity contribution in [2.45, 2.75) is 45.1 Å². The summed E-state index contributed by atoms with van der Waals surface area (Å²) in [5, 5.41) is 0. The SMILES string of the molecule is CN(CC(=O)OC(C)(C)C)CC(=O)N1CCCC(c2ccc(F)cc2)c2ccc(F)cc21. The van der Waals surface area contributed by atoms with Crippen LogP contribution in [0.25, 0.3) is 0 Å². The van der Waals surface area contributed by atoms with Gasteiger partial charge in [0, 0.05) is 12.5 Å². The molecule has 32 heavy (non-hydrogen) atoms. The topological polar surface area (TPSA) is 49.9 Å². The lowest BCUT2D eigenvalue weighted by atomic mass is 9.87. The zero-order valence-electron chi connectivity index (χ0n) is 19.0. The zero-order chi connectivity index (χ0) is 23.5. The molecule has 0 aromatic heterocycles.